The highest BCUT2D eigenvalue weighted by molar-refractivity contribution is 5.98. The number of carbonyl (C=O) groups excluding carboxylic acids is 2. The Bertz CT molecular complexity index is 917. The van der Waals surface area contributed by atoms with Crippen molar-refractivity contribution in [1.82, 2.24) is 15.7 Å². The van der Waals surface area contributed by atoms with Gasteiger partial charge in [0, 0.05) is 31.1 Å². The number of amides is 2. The molecule has 0 bridgehead atoms. The van der Waals surface area contributed by atoms with Gasteiger partial charge in [-0.15, -0.1) is 0 Å². The molecule has 2 aromatic carbocycles. The molecule has 0 saturated carbocycles. The van der Waals surface area contributed by atoms with E-state index in [1.54, 1.807) is 36.1 Å². The maximum absolute atomic E-state index is 13.3. The first kappa shape index (κ1) is 22.8. The number of hydroxylamine groups is 1. The maximum Gasteiger partial charge on any atom is 0.267 e. The number of hydrogen-bond donors (Lipinski definition) is 4. The van der Waals surface area contributed by atoms with Crippen molar-refractivity contribution in [3.63, 3.8) is 0 Å². The largest absolute Gasteiger partial charge is 0.339 e. The van der Waals surface area contributed by atoms with E-state index in [9.17, 15) is 18.4 Å². The van der Waals surface area contributed by atoms with E-state index < -0.39 is 29.8 Å². The van der Waals surface area contributed by atoms with Crippen LogP contribution in [0, 0.1) is 0 Å². The van der Waals surface area contributed by atoms with Crippen LogP contribution in [-0.2, 0) is 11.3 Å². The second kappa shape index (κ2) is 9.51. The molecule has 2 amide bonds. The lowest BCUT2D eigenvalue weighted by molar-refractivity contribution is -0.131. The van der Waals surface area contributed by atoms with E-state index in [1.807, 2.05) is 24.3 Å². The molecular formula is C22H26F2N4O3. The number of nitrogens with two attached hydrogens (primary N) is 1. The first-order valence-electron chi connectivity index (χ1n) is 9.98. The van der Waals surface area contributed by atoms with E-state index in [-0.39, 0.29) is 13.0 Å². The summed E-state index contributed by atoms with van der Waals surface area (Å²) < 4.78 is 26.7. The normalized spacial score (nSPS) is 17.7. The second-order valence-corrected chi connectivity index (χ2v) is 7.88. The number of carbonyl (C=O) groups is 2. The third kappa shape index (κ3) is 5.84. The monoisotopic (exact) mass is 432 g/mol. The Hall–Kier alpha value is -2.88. The lowest BCUT2D eigenvalue weighted by atomic mass is 10.0. The molecule has 3 rings (SSSR count). The zero-order valence-corrected chi connectivity index (χ0v) is 17.1. The fourth-order valence-corrected chi connectivity index (χ4v) is 3.55. The molecule has 2 aromatic rings. The molecule has 0 aliphatic carbocycles. The summed E-state index contributed by atoms with van der Waals surface area (Å²) in [7, 11) is 0. The predicted molar refractivity (Wildman–Crippen MR) is 112 cm³/mol. The van der Waals surface area contributed by atoms with Crippen molar-refractivity contribution < 1.29 is 23.6 Å². The lowest BCUT2D eigenvalue weighted by Gasteiger charge is -2.20. The van der Waals surface area contributed by atoms with Gasteiger partial charge in [0.05, 0.1) is 6.54 Å². The zero-order valence-electron chi connectivity index (χ0n) is 17.1. The van der Waals surface area contributed by atoms with Crippen LogP contribution in [0.25, 0.3) is 11.1 Å². The van der Waals surface area contributed by atoms with E-state index in [0.29, 0.717) is 18.7 Å². The van der Waals surface area contributed by atoms with Crippen LogP contribution in [0.2, 0.25) is 0 Å². The summed E-state index contributed by atoms with van der Waals surface area (Å²) in [4.78, 5) is 25.8. The van der Waals surface area contributed by atoms with Crippen LogP contribution in [0.5, 0.6) is 0 Å². The lowest BCUT2D eigenvalue weighted by Crippen LogP contribution is -2.54. The highest BCUT2D eigenvalue weighted by Gasteiger charge is 2.37. The van der Waals surface area contributed by atoms with Gasteiger partial charge in [0.1, 0.15) is 6.04 Å². The first-order valence-corrected chi connectivity index (χ1v) is 9.98. The minimum absolute atomic E-state index is 0.0966. The Labute approximate surface area is 179 Å². The van der Waals surface area contributed by atoms with E-state index in [2.05, 4.69) is 5.32 Å². The van der Waals surface area contributed by atoms with Gasteiger partial charge in [-0.25, -0.2) is 14.3 Å². The fourth-order valence-electron chi connectivity index (χ4n) is 3.55. The molecule has 0 spiro atoms. The molecule has 9 heteroatoms. The van der Waals surface area contributed by atoms with E-state index in [1.165, 1.54) is 5.48 Å². The molecule has 7 nitrogen and oxygen atoms in total. The summed E-state index contributed by atoms with van der Waals surface area (Å²) in [5.41, 5.74) is 10.3. The molecule has 1 fully saturated rings. The number of halogens is 2. The third-order valence-corrected chi connectivity index (χ3v) is 5.29. The SMILES string of the molecule is C[C@@H](N)[C@H](NC(=O)c1ccc(-c2ccc(CN3CCC(F)(F)C3)cc2)cc1)C(=O)NO. The fraction of sp³-hybridized carbons (Fsp3) is 0.364. The van der Waals surface area contributed by atoms with Crippen molar-refractivity contribution in [1.29, 1.82) is 0 Å². The van der Waals surface area contributed by atoms with Gasteiger partial charge in [-0.05, 0) is 35.7 Å². The Morgan fingerprint density at radius 3 is 2.19 bits per heavy atom. The predicted octanol–water partition coefficient (Wildman–Crippen LogP) is 2.15. The van der Waals surface area contributed by atoms with E-state index >= 15 is 0 Å². The minimum atomic E-state index is -2.60. The number of rotatable bonds is 7. The quantitative estimate of drug-likeness (QED) is 0.396. The molecule has 1 heterocycles. The van der Waals surface area contributed by atoms with Crippen LogP contribution >= 0.6 is 0 Å². The van der Waals surface area contributed by atoms with Gasteiger partial charge < -0.3 is 11.1 Å². The first-order chi connectivity index (χ1) is 14.7. The molecule has 1 aliphatic heterocycles. The summed E-state index contributed by atoms with van der Waals surface area (Å²) in [5, 5.41) is 11.3. The summed E-state index contributed by atoms with van der Waals surface area (Å²) in [6.07, 6.45) is -0.0966. The molecule has 1 aliphatic rings. The Balaban J connectivity index is 1.63. The Morgan fingerprint density at radius 1 is 1.13 bits per heavy atom. The van der Waals surface area contributed by atoms with Crippen molar-refractivity contribution in [2.75, 3.05) is 13.1 Å². The third-order valence-electron chi connectivity index (χ3n) is 5.29. The standard InChI is InChI=1S/C22H26F2N4O3/c1-14(25)19(21(30)27-31)26-20(29)18-8-6-17(7-9-18)16-4-2-15(3-5-16)12-28-11-10-22(23,24)13-28/h2-9,14,19,31H,10-13,25H2,1H3,(H,26,29)(H,27,30)/t14-,19+/m1/s1. The number of hydrogen-bond acceptors (Lipinski definition) is 5. The average molecular weight is 432 g/mol. The number of nitrogens with one attached hydrogen (secondary N) is 2. The Kier molecular flexibility index (Phi) is 6.99. The Morgan fingerprint density at radius 2 is 1.71 bits per heavy atom. The van der Waals surface area contributed by atoms with Crippen molar-refractivity contribution in [3.8, 4) is 11.1 Å². The van der Waals surface area contributed by atoms with Crippen molar-refractivity contribution in [2.45, 2.75) is 37.9 Å². The van der Waals surface area contributed by atoms with Crippen LogP contribution in [-0.4, -0.2) is 53.0 Å². The van der Waals surface area contributed by atoms with Crippen molar-refractivity contribution >= 4 is 11.8 Å². The molecule has 1 saturated heterocycles. The van der Waals surface area contributed by atoms with E-state index in [4.69, 9.17) is 10.9 Å². The highest BCUT2D eigenvalue weighted by atomic mass is 19.3. The molecule has 5 N–H and O–H groups in total. The van der Waals surface area contributed by atoms with Gasteiger partial charge in [0.15, 0.2) is 0 Å². The van der Waals surface area contributed by atoms with Crippen LogP contribution < -0.4 is 16.5 Å². The molecule has 0 aromatic heterocycles. The van der Waals surface area contributed by atoms with Gasteiger partial charge in [0.25, 0.3) is 17.7 Å². The van der Waals surface area contributed by atoms with Crippen LogP contribution in [0.1, 0.15) is 29.3 Å². The number of benzene rings is 2. The van der Waals surface area contributed by atoms with E-state index in [0.717, 1.165) is 16.7 Å². The number of alkyl halides is 2. The van der Waals surface area contributed by atoms with Gasteiger partial charge >= 0.3 is 0 Å². The maximum atomic E-state index is 13.3. The molecule has 0 unspecified atom stereocenters. The molecule has 2 atom stereocenters. The molecule has 31 heavy (non-hydrogen) atoms. The van der Waals surface area contributed by atoms with Crippen molar-refractivity contribution in [3.05, 3.63) is 59.7 Å². The second-order valence-electron chi connectivity index (χ2n) is 7.88. The average Bonchev–Trinajstić information content (AvgIpc) is 3.09. The molecular weight excluding hydrogens is 406 g/mol. The number of nitrogens with zero attached hydrogens (tertiary/aromatic N) is 1. The smallest absolute Gasteiger partial charge is 0.267 e. The van der Waals surface area contributed by atoms with Gasteiger partial charge in [-0.2, -0.15) is 0 Å². The molecule has 0 radical (unpaired) electrons. The van der Waals surface area contributed by atoms with Gasteiger partial charge in [-0.3, -0.25) is 19.7 Å². The highest BCUT2D eigenvalue weighted by Crippen LogP contribution is 2.28. The summed E-state index contributed by atoms with van der Waals surface area (Å²) in [6.45, 7) is 2.21. The zero-order chi connectivity index (χ0) is 22.6. The van der Waals surface area contributed by atoms with Crippen molar-refractivity contribution in [2.24, 2.45) is 5.73 Å². The summed E-state index contributed by atoms with van der Waals surface area (Å²) in [6, 6.07) is 12.7. The van der Waals surface area contributed by atoms with Gasteiger partial charge in [0.2, 0.25) is 0 Å². The van der Waals surface area contributed by atoms with Crippen LogP contribution in [0.15, 0.2) is 48.5 Å². The molecule has 166 valence electrons. The number of likely N-dealkylation sites (tertiary alicyclic amines) is 1. The van der Waals surface area contributed by atoms with Crippen LogP contribution in [0.3, 0.4) is 0 Å². The van der Waals surface area contributed by atoms with Gasteiger partial charge in [-0.1, -0.05) is 36.4 Å². The van der Waals surface area contributed by atoms with Crippen LogP contribution in [0.4, 0.5) is 8.78 Å². The summed E-state index contributed by atoms with van der Waals surface area (Å²) in [5.74, 6) is -3.88. The summed E-state index contributed by atoms with van der Waals surface area (Å²) >= 11 is 0. The minimum Gasteiger partial charge on any atom is -0.339 e. The topological polar surface area (TPSA) is 108 Å².